The average molecular weight is 394 g/mol. The molecule has 0 radical (unpaired) electrons. The van der Waals surface area contributed by atoms with Crippen LogP contribution in [-0.4, -0.2) is 81.1 Å². The molecule has 1 atom stereocenters. The highest BCUT2D eigenvalue weighted by Gasteiger charge is 2.35. The van der Waals surface area contributed by atoms with E-state index >= 15 is 0 Å². The van der Waals surface area contributed by atoms with E-state index in [0.29, 0.717) is 6.61 Å². The van der Waals surface area contributed by atoms with Gasteiger partial charge in [-0.05, 0) is 13.8 Å². The average Bonchev–Trinajstić information content (AvgIpc) is 2.65. The molecule has 0 heterocycles. The van der Waals surface area contributed by atoms with E-state index in [9.17, 15) is 14.4 Å². The summed E-state index contributed by atoms with van der Waals surface area (Å²) in [6, 6.07) is 0. The normalized spacial score (nSPS) is 10.1. The molecule has 0 saturated carbocycles. The molecule has 158 valence electrons. The van der Waals surface area contributed by atoms with Gasteiger partial charge in [-0.1, -0.05) is 19.7 Å². The fraction of sp³-hybridized carbons (Fsp3) is 0.471. The lowest BCUT2D eigenvalue weighted by atomic mass is 9.85. The molecule has 0 aliphatic carbocycles. The van der Waals surface area contributed by atoms with Crippen LogP contribution >= 0.6 is 0 Å². The largest absolute Gasteiger partial charge is 0.478 e. The molecule has 0 fully saturated rings. The van der Waals surface area contributed by atoms with Crippen molar-refractivity contribution in [3.05, 3.63) is 38.0 Å². The molecular weight excluding hydrogens is 364 g/mol. The van der Waals surface area contributed by atoms with Crippen molar-refractivity contribution < 1.29 is 49.8 Å². The topological polar surface area (TPSA) is 182 Å². The quantitative estimate of drug-likeness (QED) is 0.294. The molecule has 10 heteroatoms. The van der Waals surface area contributed by atoms with E-state index in [1.54, 1.807) is 6.92 Å². The predicted molar refractivity (Wildman–Crippen MR) is 98.3 cm³/mol. The van der Waals surface area contributed by atoms with Crippen molar-refractivity contribution in [3.8, 4) is 0 Å². The molecule has 0 bridgehead atoms. The van der Waals surface area contributed by atoms with Crippen molar-refractivity contribution in [2.75, 3.05) is 26.4 Å². The summed E-state index contributed by atoms with van der Waals surface area (Å²) in [5, 5.41) is 49.7. The highest BCUT2D eigenvalue weighted by Crippen LogP contribution is 2.22. The van der Waals surface area contributed by atoms with Gasteiger partial charge < -0.3 is 35.4 Å². The number of ether oxygens (including phenoxy) is 1. The lowest BCUT2D eigenvalue weighted by molar-refractivity contribution is -0.132. The summed E-state index contributed by atoms with van der Waals surface area (Å²) in [4.78, 5) is 27.8. The van der Waals surface area contributed by atoms with Gasteiger partial charge in [0.15, 0.2) is 0 Å². The van der Waals surface area contributed by atoms with Crippen LogP contribution in [0.1, 0.15) is 13.8 Å². The fourth-order valence-corrected chi connectivity index (χ4v) is 0.962. The minimum absolute atomic E-state index is 0.277. The molecule has 0 spiro atoms. The zero-order valence-corrected chi connectivity index (χ0v) is 15.6. The zero-order valence-electron chi connectivity index (χ0n) is 15.6. The zero-order chi connectivity index (χ0) is 22.5. The number of aliphatic hydroxyl groups is 3. The first kappa shape index (κ1) is 32.2. The third kappa shape index (κ3) is 23.5. The summed E-state index contributed by atoms with van der Waals surface area (Å²) in [6.45, 7) is 12.1. The van der Waals surface area contributed by atoms with Gasteiger partial charge in [0.05, 0.1) is 31.3 Å². The van der Waals surface area contributed by atoms with Gasteiger partial charge in [-0.15, -0.1) is 0 Å². The summed E-state index contributed by atoms with van der Waals surface area (Å²) in [6.07, 6.45) is 2.16. The first-order valence-electron chi connectivity index (χ1n) is 7.48. The summed E-state index contributed by atoms with van der Waals surface area (Å²) in [5.41, 5.74) is -0.921. The molecule has 0 saturated heterocycles. The molecule has 0 aromatic rings. The maximum atomic E-state index is 9.25. The number of carboxylic acids is 3. The summed E-state index contributed by atoms with van der Waals surface area (Å²) in [5.74, 6) is -2.94. The van der Waals surface area contributed by atoms with E-state index in [-0.39, 0.29) is 25.9 Å². The summed E-state index contributed by atoms with van der Waals surface area (Å²) < 4.78 is 5.20. The lowest BCUT2D eigenvalue weighted by Crippen LogP contribution is -2.45. The van der Waals surface area contributed by atoms with Crippen LogP contribution in [-0.2, 0) is 19.1 Å². The molecule has 10 nitrogen and oxygen atoms in total. The Balaban J connectivity index is -0.000000147. The Labute approximate surface area is 158 Å². The Hall–Kier alpha value is -2.53. The second-order valence-corrected chi connectivity index (χ2v) is 4.56. The Morgan fingerprint density at radius 2 is 1.07 bits per heavy atom. The number of hydrogen-bond acceptors (Lipinski definition) is 7. The van der Waals surface area contributed by atoms with Crippen molar-refractivity contribution in [1.82, 2.24) is 0 Å². The van der Waals surface area contributed by atoms with Gasteiger partial charge in [0, 0.05) is 24.8 Å². The van der Waals surface area contributed by atoms with Gasteiger partial charge in [0.2, 0.25) is 0 Å². The maximum absolute atomic E-state index is 9.25. The number of carbonyl (C=O) groups is 3. The van der Waals surface area contributed by atoms with Crippen LogP contribution < -0.4 is 0 Å². The Bertz CT molecular complexity index is 390. The number of aliphatic carboxylic acids is 3. The van der Waals surface area contributed by atoms with Crippen molar-refractivity contribution in [1.29, 1.82) is 0 Å². The third-order valence-corrected chi connectivity index (χ3v) is 2.75. The smallest absolute Gasteiger partial charge is 0.327 e. The Kier molecular flexibility index (Phi) is 25.6. The molecular formula is C17H30O10. The number of aliphatic hydroxyl groups excluding tert-OH is 3. The highest BCUT2D eigenvalue weighted by molar-refractivity contribution is 5.79. The fourth-order valence-electron chi connectivity index (χ4n) is 0.962. The Morgan fingerprint density at radius 1 is 0.852 bits per heavy atom. The summed E-state index contributed by atoms with van der Waals surface area (Å²) in [7, 11) is 0. The minimum atomic E-state index is -0.981. The van der Waals surface area contributed by atoms with E-state index in [2.05, 4.69) is 19.7 Å². The number of rotatable bonds is 9. The molecule has 0 aromatic heterocycles. The van der Waals surface area contributed by atoms with Crippen molar-refractivity contribution in [3.63, 3.8) is 0 Å². The van der Waals surface area contributed by atoms with Crippen LogP contribution in [0, 0.1) is 5.41 Å². The SMILES string of the molecule is C=CC(=O)O.C=CC(=O)O.C=CC(=O)O.CCOC(C)C(CO)(CO)CO. The first-order chi connectivity index (χ1) is 12.5. The van der Waals surface area contributed by atoms with E-state index in [0.717, 1.165) is 18.2 Å². The van der Waals surface area contributed by atoms with Gasteiger partial charge in [0.1, 0.15) is 0 Å². The van der Waals surface area contributed by atoms with Crippen molar-refractivity contribution in [2.45, 2.75) is 20.0 Å². The second-order valence-electron chi connectivity index (χ2n) is 4.56. The lowest BCUT2D eigenvalue weighted by Gasteiger charge is -2.33. The molecule has 0 amide bonds. The maximum Gasteiger partial charge on any atom is 0.327 e. The number of carboxylic acid groups (broad SMARTS) is 3. The molecule has 0 rings (SSSR count). The van der Waals surface area contributed by atoms with Gasteiger partial charge in [0.25, 0.3) is 0 Å². The third-order valence-electron chi connectivity index (χ3n) is 2.75. The van der Waals surface area contributed by atoms with Crippen LogP contribution in [0.4, 0.5) is 0 Å². The standard InChI is InChI=1S/C8H18O4.3C3H4O2/c1-3-12-7(2)8(4-9,5-10)6-11;3*1-2-3(4)5/h7,9-11H,3-6H2,1-2H3;3*2H,1H2,(H,4,5). The van der Waals surface area contributed by atoms with Crippen LogP contribution in [0.2, 0.25) is 0 Å². The molecule has 27 heavy (non-hydrogen) atoms. The highest BCUT2D eigenvalue weighted by atomic mass is 16.5. The van der Waals surface area contributed by atoms with Gasteiger partial charge in [-0.2, -0.15) is 0 Å². The van der Waals surface area contributed by atoms with Gasteiger partial charge >= 0.3 is 17.9 Å². The molecule has 6 N–H and O–H groups in total. The number of hydrogen-bond donors (Lipinski definition) is 6. The van der Waals surface area contributed by atoms with Crippen LogP contribution in [0.25, 0.3) is 0 Å². The van der Waals surface area contributed by atoms with E-state index in [1.165, 1.54) is 0 Å². The monoisotopic (exact) mass is 394 g/mol. The van der Waals surface area contributed by atoms with E-state index in [1.807, 2.05) is 6.92 Å². The summed E-state index contributed by atoms with van der Waals surface area (Å²) >= 11 is 0. The molecule has 0 aliphatic heterocycles. The molecule has 1 unspecified atom stereocenters. The van der Waals surface area contributed by atoms with Crippen LogP contribution in [0.15, 0.2) is 38.0 Å². The van der Waals surface area contributed by atoms with Crippen LogP contribution in [0.5, 0.6) is 0 Å². The first-order valence-corrected chi connectivity index (χ1v) is 7.48. The Morgan fingerprint density at radius 3 is 1.19 bits per heavy atom. The van der Waals surface area contributed by atoms with E-state index in [4.69, 9.17) is 35.4 Å². The van der Waals surface area contributed by atoms with Crippen LogP contribution in [0.3, 0.4) is 0 Å². The molecule has 0 aliphatic rings. The van der Waals surface area contributed by atoms with Gasteiger partial charge in [-0.25, -0.2) is 14.4 Å². The minimum Gasteiger partial charge on any atom is -0.478 e. The second kappa shape index (κ2) is 21.5. The van der Waals surface area contributed by atoms with Crippen molar-refractivity contribution in [2.24, 2.45) is 5.41 Å². The predicted octanol–water partition coefficient (Wildman–Crippen LogP) is 0.146. The van der Waals surface area contributed by atoms with E-state index < -0.39 is 23.3 Å². The van der Waals surface area contributed by atoms with Crippen molar-refractivity contribution >= 4 is 17.9 Å². The van der Waals surface area contributed by atoms with Gasteiger partial charge in [-0.3, -0.25) is 0 Å². The molecule has 0 aromatic carbocycles.